The van der Waals surface area contributed by atoms with Crippen LogP contribution < -0.4 is 5.73 Å². The van der Waals surface area contributed by atoms with Gasteiger partial charge in [-0.3, -0.25) is 4.79 Å². The number of methoxy groups -OCH3 is 1. The van der Waals surface area contributed by atoms with Gasteiger partial charge in [0.1, 0.15) is 5.92 Å². The molecule has 0 aliphatic heterocycles. The van der Waals surface area contributed by atoms with Gasteiger partial charge in [-0.05, 0) is 6.92 Å². The third-order valence-electron chi connectivity index (χ3n) is 1.04. The van der Waals surface area contributed by atoms with Crippen molar-refractivity contribution in [1.29, 1.82) is 0 Å². The highest BCUT2D eigenvalue weighted by Gasteiger charge is 2.11. The molecule has 0 aromatic heterocycles. The van der Waals surface area contributed by atoms with Crippen molar-refractivity contribution < 1.29 is 15.3 Å². The second-order valence-corrected chi connectivity index (χ2v) is 1.71. The molecule has 3 heteroatoms. The fourth-order valence-electron chi connectivity index (χ4n) is 0.319. The smallest absolute Gasteiger partial charge is 0.314 e. The van der Waals surface area contributed by atoms with E-state index < -0.39 is 0 Å². The Morgan fingerprint density at radius 2 is 2.38 bits per heavy atom. The lowest BCUT2D eigenvalue weighted by atomic mass is 10.2. The summed E-state index contributed by atoms with van der Waals surface area (Å²) in [6.07, 6.45) is 0. The molecule has 3 N–H and O–H groups in total. The fourth-order valence-corrected chi connectivity index (χ4v) is 0.319. The van der Waals surface area contributed by atoms with E-state index in [1.54, 1.807) is 6.92 Å². The monoisotopic (exact) mass is 118 g/mol. The molecule has 0 saturated heterocycles. The molecule has 0 bridgehead atoms. The van der Waals surface area contributed by atoms with E-state index in [9.17, 15) is 4.79 Å². The van der Waals surface area contributed by atoms with Gasteiger partial charge in [-0.1, -0.05) is 0 Å². The van der Waals surface area contributed by atoms with E-state index >= 15 is 0 Å². The lowest BCUT2D eigenvalue weighted by Crippen LogP contribution is -2.54. The molecular formula is C5H12NO2+. The first-order valence-corrected chi connectivity index (χ1v) is 2.59. The van der Waals surface area contributed by atoms with Crippen molar-refractivity contribution in [3.8, 4) is 0 Å². The van der Waals surface area contributed by atoms with Crippen molar-refractivity contribution in [3.05, 3.63) is 0 Å². The van der Waals surface area contributed by atoms with E-state index in [-0.39, 0.29) is 11.9 Å². The SMILES string of the molecule is COC(=O)[C@H](C)C[NH3+]. The molecule has 0 amide bonds. The van der Waals surface area contributed by atoms with Crippen LogP contribution in [0.5, 0.6) is 0 Å². The Balaban J connectivity index is 3.46. The first-order valence-electron chi connectivity index (χ1n) is 2.59. The summed E-state index contributed by atoms with van der Waals surface area (Å²) in [6, 6.07) is 0. The zero-order chi connectivity index (χ0) is 6.57. The minimum Gasteiger partial charge on any atom is -0.469 e. The van der Waals surface area contributed by atoms with Gasteiger partial charge in [-0.15, -0.1) is 0 Å². The summed E-state index contributed by atoms with van der Waals surface area (Å²) in [4.78, 5) is 10.5. The van der Waals surface area contributed by atoms with E-state index in [0.717, 1.165) is 0 Å². The van der Waals surface area contributed by atoms with E-state index in [4.69, 9.17) is 0 Å². The van der Waals surface area contributed by atoms with Gasteiger partial charge < -0.3 is 10.5 Å². The summed E-state index contributed by atoms with van der Waals surface area (Å²) in [5, 5.41) is 0. The first-order chi connectivity index (χ1) is 3.72. The molecule has 0 saturated carbocycles. The summed E-state index contributed by atoms with van der Waals surface area (Å²) in [6.45, 7) is 2.39. The van der Waals surface area contributed by atoms with Crippen LogP contribution in [0.25, 0.3) is 0 Å². The lowest BCUT2D eigenvalue weighted by Gasteiger charge is -2.00. The highest BCUT2D eigenvalue weighted by Crippen LogP contribution is 1.90. The Labute approximate surface area is 48.8 Å². The topological polar surface area (TPSA) is 53.9 Å². The van der Waals surface area contributed by atoms with Gasteiger partial charge in [0.25, 0.3) is 0 Å². The van der Waals surface area contributed by atoms with E-state index in [0.29, 0.717) is 6.54 Å². The Morgan fingerprint density at radius 1 is 1.88 bits per heavy atom. The average Bonchev–Trinajstić information content (AvgIpc) is 1.84. The van der Waals surface area contributed by atoms with Gasteiger partial charge in [0, 0.05) is 0 Å². The van der Waals surface area contributed by atoms with Crippen LogP contribution in [0.2, 0.25) is 0 Å². The number of carbonyl (C=O) groups excluding carboxylic acids is 1. The van der Waals surface area contributed by atoms with Gasteiger partial charge >= 0.3 is 5.97 Å². The molecule has 0 aromatic rings. The molecule has 0 unspecified atom stereocenters. The third-order valence-corrected chi connectivity index (χ3v) is 1.04. The number of carbonyl (C=O) groups is 1. The summed E-state index contributed by atoms with van der Waals surface area (Å²) < 4.78 is 4.42. The molecule has 48 valence electrons. The molecule has 0 spiro atoms. The van der Waals surface area contributed by atoms with Crippen molar-refractivity contribution in [3.63, 3.8) is 0 Å². The summed E-state index contributed by atoms with van der Waals surface area (Å²) >= 11 is 0. The van der Waals surface area contributed by atoms with Crippen LogP contribution in [0.3, 0.4) is 0 Å². The second-order valence-electron chi connectivity index (χ2n) is 1.71. The number of hydrogen-bond donors (Lipinski definition) is 1. The zero-order valence-corrected chi connectivity index (χ0v) is 5.31. The Hall–Kier alpha value is -0.570. The minimum absolute atomic E-state index is 0.0556. The van der Waals surface area contributed by atoms with Crippen LogP contribution in [0, 0.1) is 5.92 Å². The van der Waals surface area contributed by atoms with Crippen LogP contribution in [0.15, 0.2) is 0 Å². The summed E-state index contributed by atoms with van der Waals surface area (Å²) in [7, 11) is 1.38. The van der Waals surface area contributed by atoms with Crippen molar-refractivity contribution in [2.24, 2.45) is 5.92 Å². The van der Waals surface area contributed by atoms with E-state index in [1.807, 2.05) is 0 Å². The molecule has 0 aliphatic carbocycles. The van der Waals surface area contributed by atoms with Crippen LogP contribution in [0.4, 0.5) is 0 Å². The first kappa shape index (κ1) is 7.43. The fraction of sp³-hybridized carbons (Fsp3) is 0.800. The van der Waals surface area contributed by atoms with E-state index in [1.165, 1.54) is 7.11 Å². The lowest BCUT2D eigenvalue weighted by molar-refractivity contribution is -0.375. The highest BCUT2D eigenvalue weighted by molar-refractivity contribution is 5.71. The highest BCUT2D eigenvalue weighted by atomic mass is 16.5. The summed E-state index contributed by atoms with van der Waals surface area (Å²) in [5.41, 5.74) is 3.55. The van der Waals surface area contributed by atoms with Crippen molar-refractivity contribution in [1.82, 2.24) is 0 Å². The number of ether oxygens (including phenoxy) is 1. The Bertz CT molecular complexity index is 82.5. The average molecular weight is 118 g/mol. The van der Waals surface area contributed by atoms with Gasteiger partial charge in [0.2, 0.25) is 0 Å². The molecule has 0 rings (SSSR count). The molecule has 0 fully saturated rings. The molecule has 0 heterocycles. The predicted octanol–water partition coefficient (Wildman–Crippen LogP) is -0.963. The van der Waals surface area contributed by atoms with Crippen molar-refractivity contribution >= 4 is 5.97 Å². The molecule has 0 radical (unpaired) electrons. The largest absolute Gasteiger partial charge is 0.469 e. The maximum atomic E-state index is 10.5. The number of hydrogen-bond acceptors (Lipinski definition) is 2. The second kappa shape index (κ2) is 3.43. The molecular weight excluding hydrogens is 106 g/mol. The number of rotatable bonds is 2. The maximum Gasteiger partial charge on any atom is 0.314 e. The van der Waals surface area contributed by atoms with Gasteiger partial charge in [-0.2, -0.15) is 0 Å². The predicted molar refractivity (Wildman–Crippen MR) is 28.9 cm³/mol. The van der Waals surface area contributed by atoms with Gasteiger partial charge in [0.15, 0.2) is 0 Å². The van der Waals surface area contributed by atoms with Crippen LogP contribution >= 0.6 is 0 Å². The summed E-state index contributed by atoms with van der Waals surface area (Å²) in [5.74, 6) is -0.236. The van der Waals surface area contributed by atoms with Crippen LogP contribution in [-0.2, 0) is 9.53 Å². The molecule has 0 aliphatic rings. The molecule has 3 nitrogen and oxygen atoms in total. The van der Waals surface area contributed by atoms with Gasteiger partial charge in [-0.25, -0.2) is 0 Å². The standard InChI is InChI=1S/C5H11NO2/c1-4(3-6)5(7)8-2/h4H,3,6H2,1-2H3/p+1/t4-/m1/s1. The molecule has 0 aromatic carbocycles. The maximum absolute atomic E-state index is 10.5. The van der Waals surface area contributed by atoms with Gasteiger partial charge in [0.05, 0.1) is 13.7 Å². The van der Waals surface area contributed by atoms with E-state index in [2.05, 4.69) is 10.5 Å². The van der Waals surface area contributed by atoms with Crippen LogP contribution in [0.1, 0.15) is 6.92 Å². The zero-order valence-electron chi connectivity index (χ0n) is 5.31. The van der Waals surface area contributed by atoms with Crippen molar-refractivity contribution in [2.45, 2.75) is 6.92 Å². The number of quaternary nitrogens is 1. The minimum atomic E-state index is -0.181. The van der Waals surface area contributed by atoms with Crippen molar-refractivity contribution in [2.75, 3.05) is 13.7 Å². The Morgan fingerprint density at radius 3 is 2.50 bits per heavy atom. The van der Waals surface area contributed by atoms with Crippen LogP contribution in [-0.4, -0.2) is 19.6 Å². The third kappa shape index (κ3) is 1.93. The Kier molecular flexibility index (Phi) is 3.19. The molecule has 8 heavy (non-hydrogen) atoms. The normalized spacial score (nSPS) is 12.9. The number of esters is 1. The molecule has 1 atom stereocenters. The quantitative estimate of drug-likeness (QED) is 0.475.